The Balaban J connectivity index is 1.65. The number of nitrogens with zero attached hydrogens (tertiary/aromatic N) is 2. The van der Waals surface area contributed by atoms with Crippen molar-refractivity contribution < 1.29 is 4.79 Å². The molecule has 0 atom stereocenters. The SMILES string of the molecule is O=C1Nc2ccccc2/C1=N\N=C/c1c2ccccc2cc2ccccc12. The summed E-state index contributed by atoms with van der Waals surface area (Å²) in [6.45, 7) is 0. The highest BCUT2D eigenvalue weighted by Gasteiger charge is 2.25. The summed E-state index contributed by atoms with van der Waals surface area (Å²) in [5.41, 5.74) is 2.89. The maximum Gasteiger partial charge on any atom is 0.276 e. The molecule has 4 nitrogen and oxygen atoms in total. The molecule has 27 heavy (non-hydrogen) atoms. The Hall–Kier alpha value is -3.79. The number of nitrogens with one attached hydrogen (secondary N) is 1. The second-order valence-electron chi connectivity index (χ2n) is 6.43. The number of rotatable bonds is 2. The van der Waals surface area contributed by atoms with Gasteiger partial charge in [-0.15, -0.1) is 5.10 Å². The van der Waals surface area contributed by atoms with Crippen LogP contribution >= 0.6 is 0 Å². The van der Waals surface area contributed by atoms with Gasteiger partial charge in [-0.3, -0.25) is 4.79 Å². The molecule has 1 heterocycles. The summed E-state index contributed by atoms with van der Waals surface area (Å²) >= 11 is 0. The van der Waals surface area contributed by atoms with Crippen LogP contribution in [0.25, 0.3) is 21.5 Å². The topological polar surface area (TPSA) is 53.8 Å². The van der Waals surface area contributed by atoms with Crippen molar-refractivity contribution >= 4 is 45.1 Å². The lowest BCUT2D eigenvalue weighted by atomic mass is 9.97. The third-order valence-corrected chi connectivity index (χ3v) is 4.80. The van der Waals surface area contributed by atoms with Gasteiger partial charge in [0, 0.05) is 11.1 Å². The molecule has 0 spiro atoms. The minimum Gasteiger partial charge on any atom is -0.320 e. The number of carbonyl (C=O) groups excluding carboxylic acids is 1. The van der Waals surface area contributed by atoms with Gasteiger partial charge in [-0.1, -0.05) is 66.7 Å². The highest BCUT2D eigenvalue weighted by Crippen LogP contribution is 2.27. The third kappa shape index (κ3) is 2.59. The number of fused-ring (bicyclic) bond motifs is 3. The van der Waals surface area contributed by atoms with Crippen LogP contribution < -0.4 is 5.32 Å². The lowest BCUT2D eigenvalue weighted by Gasteiger charge is -2.07. The summed E-state index contributed by atoms with van der Waals surface area (Å²) < 4.78 is 0. The first kappa shape index (κ1) is 15.5. The molecule has 4 aromatic carbocycles. The minimum atomic E-state index is -0.226. The van der Waals surface area contributed by atoms with Crippen molar-refractivity contribution in [2.45, 2.75) is 0 Å². The third-order valence-electron chi connectivity index (χ3n) is 4.80. The van der Waals surface area contributed by atoms with Crippen molar-refractivity contribution in [3.63, 3.8) is 0 Å². The van der Waals surface area contributed by atoms with Gasteiger partial charge in [0.1, 0.15) is 0 Å². The summed E-state index contributed by atoms with van der Waals surface area (Å²) in [6.07, 6.45) is 1.74. The zero-order valence-corrected chi connectivity index (χ0v) is 14.4. The van der Waals surface area contributed by atoms with E-state index in [1.54, 1.807) is 6.21 Å². The lowest BCUT2D eigenvalue weighted by molar-refractivity contribution is -0.110. The van der Waals surface area contributed by atoms with Crippen LogP contribution in [0.3, 0.4) is 0 Å². The molecule has 0 radical (unpaired) electrons. The number of amides is 1. The number of hydrogen-bond donors (Lipinski definition) is 1. The highest BCUT2D eigenvalue weighted by molar-refractivity contribution is 6.53. The van der Waals surface area contributed by atoms with Crippen LogP contribution in [-0.4, -0.2) is 17.8 Å². The van der Waals surface area contributed by atoms with Crippen molar-refractivity contribution in [3.8, 4) is 0 Å². The molecule has 0 unspecified atom stereocenters. The van der Waals surface area contributed by atoms with Crippen molar-refractivity contribution in [2.75, 3.05) is 5.32 Å². The molecule has 128 valence electrons. The zero-order chi connectivity index (χ0) is 18.2. The van der Waals surface area contributed by atoms with E-state index in [0.29, 0.717) is 5.71 Å². The predicted octanol–water partition coefficient (Wildman–Crippen LogP) is 4.77. The maximum absolute atomic E-state index is 12.2. The molecule has 1 aliphatic heterocycles. The van der Waals surface area contributed by atoms with Gasteiger partial charge in [-0.25, -0.2) is 0 Å². The van der Waals surface area contributed by atoms with Gasteiger partial charge in [0.25, 0.3) is 5.91 Å². The predicted molar refractivity (Wildman–Crippen MR) is 111 cm³/mol. The Morgan fingerprint density at radius 1 is 0.778 bits per heavy atom. The normalized spacial score (nSPS) is 15.0. The van der Waals surface area contributed by atoms with Crippen molar-refractivity contribution in [2.24, 2.45) is 10.2 Å². The molecule has 4 aromatic rings. The summed E-state index contributed by atoms with van der Waals surface area (Å²) in [5, 5.41) is 15.8. The highest BCUT2D eigenvalue weighted by atomic mass is 16.2. The number of carbonyl (C=O) groups is 1. The van der Waals surface area contributed by atoms with Gasteiger partial charge in [0.15, 0.2) is 5.71 Å². The molecule has 0 aromatic heterocycles. The van der Waals surface area contributed by atoms with E-state index in [2.05, 4.69) is 45.9 Å². The van der Waals surface area contributed by atoms with E-state index in [9.17, 15) is 4.79 Å². The Morgan fingerprint density at radius 3 is 2.15 bits per heavy atom. The molecular formula is C23H15N3O. The molecule has 0 bridgehead atoms. The second kappa shape index (κ2) is 6.18. The Morgan fingerprint density at radius 2 is 1.41 bits per heavy atom. The first-order valence-electron chi connectivity index (χ1n) is 8.73. The van der Waals surface area contributed by atoms with E-state index in [4.69, 9.17) is 0 Å². The molecule has 0 saturated heterocycles. The number of hydrogen-bond acceptors (Lipinski definition) is 3. The van der Waals surface area contributed by atoms with E-state index in [0.717, 1.165) is 38.4 Å². The summed E-state index contributed by atoms with van der Waals surface area (Å²) in [4.78, 5) is 12.2. The monoisotopic (exact) mass is 349 g/mol. The fraction of sp³-hybridized carbons (Fsp3) is 0. The number of benzene rings is 4. The van der Waals surface area contributed by atoms with E-state index < -0.39 is 0 Å². The summed E-state index contributed by atoms with van der Waals surface area (Å²) in [7, 11) is 0. The van der Waals surface area contributed by atoms with E-state index >= 15 is 0 Å². The molecule has 4 heteroatoms. The van der Waals surface area contributed by atoms with Crippen molar-refractivity contribution in [3.05, 3.63) is 90.0 Å². The first-order chi connectivity index (χ1) is 13.3. The summed E-state index contributed by atoms with van der Waals surface area (Å²) in [5.74, 6) is -0.226. The fourth-order valence-corrected chi connectivity index (χ4v) is 3.53. The summed E-state index contributed by atoms with van der Waals surface area (Å²) in [6, 6.07) is 26.1. The van der Waals surface area contributed by atoms with Crippen LogP contribution in [-0.2, 0) is 4.79 Å². The molecule has 1 aliphatic rings. The second-order valence-corrected chi connectivity index (χ2v) is 6.43. The molecule has 0 saturated carbocycles. The largest absolute Gasteiger partial charge is 0.320 e. The van der Waals surface area contributed by atoms with Gasteiger partial charge in [-0.05, 0) is 33.7 Å². The molecule has 1 N–H and O–H groups in total. The van der Waals surface area contributed by atoms with Gasteiger partial charge in [0.05, 0.1) is 11.9 Å². The Labute approximate surface area is 155 Å². The standard InChI is InChI=1S/C23H15N3O/c27-23-22(19-11-5-6-12-21(19)25-23)26-24-14-20-17-9-3-1-7-15(17)13-16-8-2-4-10-18(16)20/h1-14H,(H,25,26,27)/b24-14-. The maximum atomic E-state index is 12.2. The average Bonchev–Trinajstić information content (AvgIpc) is 3.02. The van der Waals surface area contributed by atoms with Gasteiger partial charge < -0.3 is 5.32 Å². The van der Waals surface area contributed by atoms with Gasteiger partial charge in [0.2, 0.25) is 0 Å². The number of anilines is 1. The molecule has 5 rings (SSSR count). The van der Waals surface area contributed by atoms with Gasteiger partial charge >= 0.3 is 0 Å². The zero-order valence-electron chi connectivity index (χ0n) is 14.4. The minimum absolute atomic E-state index is 0.226. The molecule has 0 fully saturated rings. The van der Waals surface area contributed by atoms with Crippen LogP contribution in [0, 0.1) is 0 Å². The first-order valence-corrected chi connectivity index (χ1v) is 8.73. The van der Waals surface area contributed by atoms with E-state index in [1.807, 2.05) is 48.5 Å². The van der Waals surface area contributed by atoms with Crippen molar-refractivity contribution in [1.29, 1.82) is 0 Å². The quantitative estimate of drug-likeness (QED) is 0.316. The van der Waals surface area contributed by atoms with E-state index in [-0.39, 0.29) is 5.91 Å². The van der Waals surface area contributed by atoms with Crippen LogP contribution in [0.4, 0.5) is 5.69 Å². The molecular weight excluding hydrogens is 334 g/mol. The average molecular weight is 349 g/mol. The van der Waals surface area contributed by atoms with Crippen LogP contribution in [0.5, 0.6) is 0 Å². The van der Waals surface area contributed by atoms with Gasteiger partial charge in [-0.2, -0.15) is 5.10 Å². The van der Waals surface area contributed by atoms with Crippen LogP contribution in [0.2, 0.25) is 0 Å². The smallest absolute Gasteiger partial charge is 0.276 e. The molecule has 1 amide bonds. The Bertz CT molecular complexity index is 1220. The fourth-order valence-electron chi connectivity index (χ4n) is 3.53. The van der Waals surface area contributed by atoms with Crippen molar-refractivity contribution in [1.82, 2.24) is 0 Å². The lowest BCUT2D eigenvalue weighted by Crippen LogP contribution is -2.13. The van der Waals surface area contributed by atoms with Crippen LogP contribution in [0.1, 0.15) is 11.1 Å². The molecule has 0 aliphatic carbocycles. The Kier molecular flexibility index (Phi) is 3.54. The van der Waals surface area contributed by atoms with E-state index in [1.165, 1.54) is 0 Å². The number of para-hydroxylation sites is 1. The van der Waals surface area contributed by atoms with Crippen LogP contribution in [0.15, 0.2) is 89.1 Å².